The molecular weight excluding hydrogens is 441 g/mol. The van der Waals surface area contributed by atoms with Crippen LogP contribution in [0.25, 0.3) is 5.69 Å². The summed E-state index contributed by atoms with van der Waals surface area (Å²) in [7, 11) is 0. The van der Waals surface area contributed by atoms with Crippen molar-refractivity contribution in [3.8, 4) is 17.3 Å². The molecule has 8 nitrogen and oxygen atoms in total. The number of nitrogen functional groups attached to an aromatic ring is 1. The molecule has 0 spiro atoms. The summed E-state index contributed by atoms with van der Waals surface area (Å²) in [6, 6.07) is 6.61. The second kappa shape index (κ2) is 7.13. The predicted octanol–water partition coefficient (Wildman–Crippen LogP) is 3.16. The average Bonchev–Trinajstić information content (AvgIpc) is 2.97. The van der Waals surface area contributed by atoms with E-state index in [0.717, 1.165) is 29.0 Å². The normalized spacial score (nSPS) is 13.2. The van der Waals surface area contributed by atoms with Crippen molar-refractivity contribution in [2.24, 2.45) is 0 Å². The number of hydrogen-bond donors (Lipinski definition) is 2. The van der Waals surface area contributed by atoms with E-state index in [9.17, 15) is 27.6 Å². The van der Waals surface area contributed by atoms with Crippen molar-refractivity contribution in [1.29, 1.82) is 0 Å². The van der Waals surface area contributed by atoms with Crippen molar-refractivity contribution in [3.05, 3.63) is 74.7 Å². The van der Waals surface area contributed by atoms with Crippen molar-refractivity contribution < 1.29 is 27.5 Å². The van der Waals surface area contributed by atoms with E-state index < -0.39 is 35.0 Å². The first-order valence-electron chi connectivity index (χ1n) is 8.49. The van der Waals surface area contributed by atoms with E-state index in [1.807, 2.05) is 5.32 Å². The Morgan fingerprint density at radius 2 is 1.84 bits per heavy atom. The number of amides is 2. The molecule has 3 heterocycles. The minimum Gasteiger partial charge on any atom is -0.437 e. The maximum absolute atomic E-state index is 13.1. The average molecular weight is 451 g/mol. The van der Waals surface area contributed by atoms with E-state index in [2.05, 4.69) is 4.98 Å². The highest BCUT2D eigenvalue weighted by Gasteiger charge is 2.35. The van der Waals surface area contributed by atoms with Gasteiger partial charge in [0.1, 0.15) is 17.1 Å². The first kappa shape index (κ1) is 20.4. The van der Waals surface area contributed by atoms with Gasteiger partial charge in [-0.15, -0.1) is 0 Å². The summed E-state index contributed by atoms with van der Waals surface area (Å²) in [6.07, 6.45) is -3.57. The quantitative estimate of drug-likeness (QED) is 0.592. The maximum atomic E-state index is 13.1. The highest BCUT2D eigenvalue weighted by atomic mass is 35.5. The molecule has 158 valence electrons. The molecule has 0 aliphatic carbocycles. The molecular formula is C19H10ClF3N4O4. The molecule has 12 heteroatoms. The van der Waals surface area contributed by atoms with E-state index in [1.165, 1.54) is 18.2 Å². The van der Waals surface area contributed by atoms with Crippen molar-refractivity contribution >= 4 is 29.2 Å². The highest BCUT2D eigenvalue weighted by molar-refractivity contribution is 6.32. The molecule has 0 saturated heterocycles. The third kappa shape index (κ3) is 3.48. The van der Waals surface area contributed by atoms with Gasteiger partial charge < -0.3 is 10.5 Å². The van der Waals surface area contributed by atoms with Gasteiger partial charge in [0.25, 0.3) is 17.4 Å². The van der Waals surface area contributed by atoms with E-state index in [0.29, 0.717) is 0 Å². The fourth-order valence-corrected chi connectivity index (χ4v) is 3.26. The number of halogens is 4. The molecule has 0 atom stereocenters. The molecule has 31 heavy (non-hydrogen) atoms. The Morgan fingerprint density at radius 1 is 1.10 bits per heavy atom. The molecule has 3 N–H and O–H groups in total. The SMILES string of the molecule is Nc1c2c(cc(=O)n1-c1ccc(Oc3ncccc3C(F)(F)F)c(Cl)c1)C(=O)NC2=O. The second-order valence-electron chi connectivity index (χ2n) is 6.35. The van der Waals surface area contributed by atoms with Gasteiger partial charge in [-0.05, 0) is 30.3 Å². The molecule has 2 amide bonds. The van der Waals surface area contributed by atoms with Crippen LogP contribution in [0, 0.1) is 0 Å². The molecule has 0 saturated carbocycles. The zero-order valence-electron chi connectivity index (χ0n) is 15.2. The first-order valence-corrected chi connectivity index (χ1v) is 8.87. The number of nitrogens with two attached hydrogens (primary N) is 1. The number of aromatic nitrogens is 2. The Morgan fingerprint density at radius 3 is 2.52 bits per heavy atom. The number of nitrogens with one attached hydrogen (secondary N) is 1. The lowest BCUT2D eigenvalue weighted by Gasteiger charge is -2.15. The molecule has 0 bridgehead atoms. The molecule has 4 rings (SSSR count). The summed E-state index contributed by atoms with van der Waals surface area (Å²) in [5.74, 6) is -2.65. The number of anilines is 1. The van der Waals surface area contributed by atoms with Crippen LogP contribution in [0.5, 0.6) is 11.6 Å². The van der Waals surface area contributed by atoms with Gasteiger partial charge in [-0.1, -0.05) is 11.6 Å². The lowest BCUT2D eigenvalue weighted by Crippen LogP contribution is -2.24. The Kier molecular flexibility index (Phi) is 4.69. The van der Waals surface area contributed by atoms with Gasteiger partial charge in [-0.25, -0.2) is 4.98 Å². The number of nitrogens with zero attached hydrogens (tertiary/aromatic N) is 2. The van der Waals surface area contributed by atoms with Gasteiger partial charge in [-0.3, -0.25) is 24.3 Å². The van der Waals surface area contributed by atoms with Gasteiger partial charge in [0, 0.05) is 12.3 Å². The Hall–Kier alpha value is -3.86. The number of fused-ring (bicyclic) bond motifs is 1. The number of ether oxygens (including phenoxy) is 1. The Bertz CT molecular complexity index is 1320. The number of benzene rings is 1. The number of hydrogen-bond acceptors (Lipinski definition) is 6. The number of carbonyl (C=O) groups excluding carboxylic acids is 2. The molecule has 1 aliphatic heterocycles. The standard InChI is InChI=1S/C19H10ClF3N4O4/c20-11-6-8(27-13(28)7-9-14(15(27)24)17(30)26-16(9)29)3-4-12(11)31-18-10(19(21,22)23)2-1-5-25-18/h1-7H,24H2,(H,26,29,30). The minimum atomic E-state index is -4.69. The molecule has 2 aromatic heterocycles. The van der Waals surface area contributed by atoms with Crippen LogP contribution in [0.3, 0.4) is 0 Å². The van der Waals surface area contributed by atoms with Gasteiger partial charge in [0.15, 0.2) is 0 Å². The summed E-state index contributed by atoms with van der Waals surface area (Å²) >= 11 is 6.15. The lowest BCUT2D eigenvalue weighted by atomic mass is 10.1. The van der Waals surface area contributed by atoms with Crippen LogP contribution < -0.4 is 21.3 Å². The molecule has 1 aliphatic rings. The minimum absolute atomic E-state index is 0.104. The monoisotopic (exact) mass is 450 g/mol. The zero-order valence-corrected chi connectivity index (χ0v) is 15.9. The van der Waals surface area contributed by atoms with Crippen molar-refractivity contribution in [3.63, 3.8) is 0 Å². The fourth-order valence-electron chi connectivity index (χ4n) is 3.05. The Balaban J connectivity index is 1.76. The van der Waals surface area contributed by atoms with Gasteiger partial charge in [0.2, 0.25) is 5.88 Å². The van der Waals surface area contributed by atoms with Gasteiger partial charge in [-0.2, -0.15) is 13.2 Å². The number of pyridine rings is 2. The second-order valence-corrected chi connectivity index (χ2v) is 6.75. The van der Waals surface area contributed by atoms with E-state index in [-0.39, 0.29) is 33.4 Å². The van der Waals surface area contributed by atoms with Crippen molar-refractivity contribution in [2.75, 3.05) is 5.73 Å². The zero-order chi connectivity index (χ0) is 22.5. The number of carbonyl (C=O) groups is 2. The topological polar surface area (TPSA) is 116 Å². The van der Waals surface area contributed by atoms with Crippen LogP contribution in [0.15, 0.2) is 47.4 Å². The van der Waals surface area contributed by atoms with Crippen molar-refractivity contribution in [2.45, 2.75) is 6.18 Å². The van der Waals surface area contributed by atoms with Crippen LogP contribution >= 0.6 is 11.6 Å². The predicted molar refractivity (Wildman–Crippen MR) is 103 cm³/mol. The first-order chi connectivity index (χ1) is 14.6. The summed E-state index contributed by atoms with van der Waals surface area (Å²) in [5, 5.41) is 1.89. The van der Waals surface area contributed by atoms with Crippen LogP contribution in [0.1, 0.15) is 26.3 Å². The highest BCUT2D eigenvalue weighted by Crippen LogP contribution is 2.38. The maximum Gasteiger partial charge on any atom is 0.421 e. The molecule has 0 unspecified atom stereocenters. The van der Waals surface area contributed by atoms with Crippen LogP contribution in [0.4, 0.5) is 19.0 Å². The van der Waals surface area contributed by atoms with E-state index >= 15 is 0 Å². The third-order valence-corrected chi connectivity index (χ3v) is 4.71. The van der Waals surface area contributed by atoms with Crippen LogP contribution in [0.2, 0.25) is 5.02 Å². The van der Waals surface area contributed by atoms with Crippen molar-refractivity contribution in [1.82, 2.24) is 14.9 Å². The summed E-state index contributed by atoms with van der Waals surface area (Å²) < 4.78 is 45.6. The van der Waals surface area contributed by atoms with Crippen LogP contribution in [-0.4, -0.2) is 21.4 Å². The molecule has 0 fully saturated rings. The number of alkyl halides is 3. The molecule has 0 radical (unpaired) electrons. The smallest absolute Gasteiger partial charge is 0.421 e. The summed E-state index contributed by atoms with van der Waals surface area (Å²) in [5.41, 5.74) is 3.93. The van der Waals surface area contributed by atoms with Gasteiger partial charge in [0.05, 0.1) is 21.8 Å². The summed E-state index contributed by atoms with van der Waals surface area (Å²) in [4.78, 5) is 39.8. The van der Waals surface area contributed by atoms with E-state index in [1.54, 1.807) is 0 Å². The molecule has 3 aromatic rings. The third-order valence-electron chi connectivity index (χ3n) is 4.41. The Labute approximate surface area is 176 Å². The number of rotatable bonds is 3. The lowest BCUT2D eigenvalue weighted by molar-refractivity contribution is -0.138. The fraction of sp³-hybridized carbons (Fsp3) is 0.0526. The van der Waals surface area contributed by atoms with Crippen LogP contribution in [-0.2, 0) is 6.18 Å². The number of imide groups is 1. The van der Waals surface area contributed by atoms with Gasteiger partial charge >= 0.3 is 6.18 Å². The molecule has 1 aromatic carbocycles. The van der Waals surface area contributed by atoms with E-state index in [4.69, 9.17) is 22.1 Å². The summed E-state index contributed by atoms with van der Waals surface area (Å²) in [6.45, 7) is 0. The largest absolute Gasteiger partial charge is 0.437 e.